The van der Waals surface area contributed by atoms with E-state index < -0.39 is 36.3 Å². The minimum atomic E-state index is -0.802. The summed E-state index contributed by atoms with van der Waals surface area (Å²) >= 11 is 12.6. The van der Waals surface area contributed by atoms with Gasteiger partial charge in [0.1, 0.15) is 12.1 Å². The van der Waals surface area contributed by atoms with Crippen molar-refractivity contribution < 1.29 is 47.1 Å². The number of amides is 2. The van der Waals surface area contributed by atoms with Crippen LogP contribution in [0, 0.1) is 35.5 Å². The number of aliphatic hydroxyl groups is 4. The van der Waals surface area contributed by atoms with E-state index in [4.69, 9.17) is 23.2 Å². The molecule has 8 aliphatic rings. The van der Waals surface area contributed by atoms with Gasteiger partial charge in [-0.05, 0) is 114 Å². The Balaban J connectivity index is 0.000000201. The van der Waals surface area contributed by atoms with E-state index in [1.807, 2.05) is 0 Å². The van der Waals surface area contributed by atoms with Crippen LogP contribution in [0.4, 0.5) is 0 Å². The summed E-state index contributed by atoms with van der Waals surface area (Å²) in [5.41, 5.74) is 0. The zero-order chi connectivity index (χ0) is 42.2. The monoisotopic (exact) mass is 934 g/mol. The molecule has 6 N–H and O–H groups in total. The van der Waals surface area contributed by atoms with Crippen molar-refractivity contribution in [2.45, 2.75) is 238 Å². The van der Waals surface area contributed by atoms with E-state index in [2.05, 4.69) is 31.1 Å². The van der Waals surface area contributed by atoms with Gasteiger partial charge >= 0.3 is 0 Å². The second kappa shape index (κ2) is 24.0. The van der Waals surface area contributed by atoms with Crippen LogP contribution in [0.15, 0.2) is 20.5 Å². The smallest absolute Gasteiger partial charge is 0.226 e. The Kier molecular flexibility index (Phi) is 19.5. The van der Waals surface area contributed by atoms with Crippen LogP contribution in [-0.4, -0.2) is 104 Å². The molecular formula is C46H76Cl2FeN6O6. The van der Waals surface area contributed by atoms with Gasteiger partial charge in [0.25, 0.3) is 0 Å². The van der Waals surface area contributed by atoms with Crippen LogP contribution < -0.4 is 10.6 Å². The molecule has 0 radical (unpaired) electrons. The van der Waals surface area contributed by atoms with Crippen molar-refractivity contribution in [3.63, 3.8) is 0 Å². The normalized spacial score (nSPS) is 42.6. The van der Waals surface area contributed by atoms with Crippen LogP contribution in [0.25, 0.3) is 0 Å². The molecule has 0 aromatic rings. The molecule has 8 aliphatic carbocycles. The largest absolute Gasteiger partial charge is 0.391 e. The van der Waals surface area contributed by atoms with Crippen molar-refractivity contribution >= 4 is 35.0 Å². The summed E-state index contributed by atoms with van der Waals surface area (Å²) in [6.45, 7) is 0. The molecule has 0 aromatic carbocycles. The van der Waals surface area contributed by atoms with Gasteiger partial charge in [0.2, 0.25) is 11.8 Å². The molecule has 16 unspecified atom stereocenters. The van der Waals surface area contributed by atoms with Gasteiger partial charge in [-0.3, -0.25) is 9.59 Å². The van der Waals surface area contributed by atoms with Gasteiger partial charge in [-0.25, -0.2) is 0 Å². The van der Waals surface area contributed by atoms with Gasteiger partial charge in [-0.2, -0.15) is 20.5 Å². The fourth-order valence-electron chi connectivity index (χ4n) is 12.5. The Hall–Kier alpha value is -0.921. The number of fused-ring (bicyclic) bond motifs is 2. The van der Waals surface area contributed by atoms with Crippen molar-refractivity contribution in [3.8, 4) is 0 Å². The average Bonchev–Trinajstić information content (AvgIpc) is 3.25. The van der Waals surface area contributed by atoms with Gasteiger partial charge in [-0.15, -0.1) is 23.2 Å². The van der Waals surface area contributed by atoms with E-state index in [-0.39, 0.29) is 87.7 Å². The van der Waals surface area contributed by atoms with Crippen LogP contribution in [-0.2, 0) is 26.7 Å². The van der Waals surface area contributed by atoms with Crippen molar-refractivity contribution in [2.75, 3.05) is 0 Å². The Morgan fingerprint density at radius 3 is 1.20 bits per heavy atom. The minimum Gasteiger partial charge on any atom is -0.391 e. The van der Waals surface area contributed by atoms with E-state index in [1.54, 1.807) is 0 Å². The standard InChI is InChI=1S/2C23H38ClN3O3.Fe/c2*24-15-10-11-20(28)19(13-15)26-27-21-17-9-5-4-6-14(17)12-18(22(21)29)23(30)25-16-7-2-1-3-8-16;/h2*14-22,28-29H,1-13H2,(H,25,30);. The molecule has 0 saturated heterocycles. The maximum atomic E-state index is 13.1. The summed E-state index contributed by atoms with van der Waals surface area (Å²) in [5, 5.41) is 67.7. The third kappa shape index (κ3) is 13.1. The van der Waals surface area contributed by atoms with Gasteiger partial charge < -0.3 is 31.1 Å². The molecule has 16 atom stereocenters. The van der Waals surface area contributed by atoms with Crippen molar-refractivity contribution in [1.29, 1.82) is 0 Å². The third-order valence-electron chi connectivity index (χ3n) is 16.2. The van der Waals surface area contributed by atoms with Crippen LogP contribution in [0.2, 0.25) is 0 Å². The third-order valence-corrected chi connectivity index (χ3v) is 17.0. The maximum absolute atomic E-state index is 13.1. The number of hydrogen-bond donors (Lipinski definition) is 6. The molecule has 348 valence electrons. The topological polar surface area (TPSA) is 189 Å². The molecule has 0 spiro atoms. The molecule has 8 fully saturated rings. The summed E-state index contributed by atoms with van der Waals surface area (Å²) in [4.78, 5) is 26.2. The first-order chi connectivity index (χ1) is 29.0. The first kappa shape index (κ1) is 49.5. The van der Waals surface area contributed by atoms with Crippen molar-refractivity contribution in [2.24, 2.45) is 56.0 Å². The molecule has 0 heterocycles. The Morgan fingerprint density at radius 2 is 0.803 bits per heavy atom. The molecule has 8 saturated carbocycles. The Morgan fingerprint density at radius 1 is 0.443 bits per heavy atom. The van der Waals surface area contributed by atoms with Crippen LogP contribution in [0.3, 0.4) is 0 Å². The van der Waals surface area contributed by atoms with Crippen LogP contribution >= 0.6 is 23.2 Å². The Bertz CT molecular complexity index is 1340. The first-order valence-electron chi connectivity index (χ1n) is 24.5. The van der Waals surface area contributed by atoms with Gasteiger partial charge in [-0.1, -0.05) is 77.0 Å². The van der Waals surface area contributed by atoms with E-state index in [9.17, 15) is 30.0 Å². The molecule has 0 aliphatic heterocycles. The van der Waals surface area contributed by atoms with Crippen molar-refractivity contribution in [1.82, 2.24) is 10.6 Å². The predicted octanol–water partition coefficient (Wildman–Crippen LogP) is 7.93. The zero-order valence-electron chi connectivity index (χ0n) is 36.3. The maximum Gasteiger partial charge on any atom is 0.226 e. The zero-order valence-corrected chi connectivity index (χ0v) is 38.9. The molecule has 0 bridgehead atoms. The number of aliphatic hydroxyl groups excluding tert-OH is 4. The predicted molar refractivity (Wildman–Crippen MR) is 233 cm³/mol. The second-order valence-corrected chi connectivity index (χ2v) is 21.5. The average molecular weight is 936 g/mol. The molecule has 15 heteroatoms. The number of hydrogen-bond acceptors (Lipinski definition) is 10. The fourth-order valence-corrected chi connectivity index (χ4v) is 13.2. The number of rotatable bonds is 8. The van der Waals surface area contributed by atoms with Gasteiger partial charge in [0, 0.05) is 39.9 Å². The van der Waals surface area contributed by atoms with Gasteiger partial charge in [0.05, 0.1) is 48.3 Å². The van der Waals surface area contributed by atoms with Crippen LogP contribution in [0.5, 0.6) is 0 Å². The van der Waals surface area contributed by atoms with E-state index in [0.29, 0.717) is 37.5 Å². The summed E-state index contributed by atoms with van der Waals surface area (Å²) < 4.78 is 0. The minimum absolute atomic E-state index is 0. The molecule has 8 rings (SSSR count). The van der Waals surface area contributed by atoms with E-state index in [1.165, 1.54) is 51.4 Å². The van der Waals surface area contributed by atoms with Crippen LogP contribution in [0.1, 0.15) is 167 Å². The molecular weight excluding hydrogens is 859 g/mol. The summed E-state index contributed by atoms with van der Waals surface area (Å²) in [6, 6.07) is -0.803. The molecule has 0 aromatic heterocycles. The van der Waals surface area contributed by atoms with Gasteiger partial charge in [0.15, 0.2) is 0 Å². The number of nitrogens with one attached hydrogen (secondary N) is 2. The van der Waals surface area contributed by atoms with E-state index in [0.717, 1.165) is 89.9 Å². The number of nitrogens with zero attached hydrogens (tertiary/aromatic N) is 4. The molecule has 2 amide bonds. The number of azo groups is 2. The van der Waals surface area contributed by atoms with E-state index >= 15 is 0 Å². The summed E-state index contributed by atoms with van der Waals surface area (Å²) in [7, 11) is 0. The quantitative estimate of drug-likeness (QED) is 0.0815. The summed E-state index contributed by atoms with van der Waals surface area (Å²) in [6.07, 6.45) is 23.3. The SMILES string of the molecule is O=C(NC1CCCCC1)C1CC2CCCCC2C(N=NC2CC(Cl)CCC2O)C1O.O=C(NC1CCCCC1)C1CC2CCCCC2C(N=NC2CC(Cl)CCC2O)C1O.[Fe]. The number of halogens is 2. The number of carbonyl (C=O) groups is 2. The first-order valence-corrected chi connectivity index (χ1v) is 25.3. The second-order valence-electron chi connectivity index (χ2n) is 20.3. The molecule has 61 heavy (non-hydrogen) atoms. The van der Waals surface area contributed by atoms with Crippen molar-refractivity contribution in [3.05, 3.63) is 0 Å². The number of carbonyl (C=O) groups excluding carboxylic acids is 2. The Labute approximate surface area is 385 Å². The molecule has 12 nitrogen and oxygen atoms in total. The fraction of sp³-hybridized carbons (Fsp3) is 0.957. The summed E-state index contributed by atoms with van der Waals surface area (Å²) in [5.74, 6) is 0.580. The number of alkyl halides is 2.